The largest absolute Gasteiger partial charge is 0.491 e. The summed E-state index contributed by atoms with van der Waals surface area (Å²) in [4.78, 5) is 44.9. The normalized spacial score (nSPS) is 13.2. The number of hydrogen-bond donors (Lipinski definition) is 6. The van der Waals surface area contributed by atoms with Gasteiger partial charge in [0.05, 0.1) is 6.54 Å². The summed E-state index contributed by atoms with van der Waals surface area (Å²) in [5.41, 5.74) is 5.69. The van der Waals surface area contributed by atoms with E-state index in [4.69, 9.17) is 40.8 Å². The van der Waals surface area contributed by atoms with Crippen LogP contribution in [-0.4, -0.2) is 88.5 Å². The Balaban J connectivity index is 0.000000748. The van der Waals surface area contributed by atoms with Crippen molar-refractivity contribution in [2.75, 3.05) is 31.1 Å². The van der Waals surface area contributed by atoms with Crippen LogP contribution in [0.1, 0.15) is 30.4 Å². The minimum Gasteiger partial charge on any atom is -0.491 e. The van der Waals surface area contributed by atoms with Crippen LogP contribution in [0.5, 0.6) is 5.75 Å². The Bertz CT molecular complexity index is 1500. The molecule has 7 N–H and O–H groups in total. The Morgan fingerprint density at radius 1 is 0.920 bits per heavy atom. The molecule has 23 heteroatoms. The van der Waals surface area contributed by atoms with Crippen molar-refractivity contribution in [1.29, 1.82) is 5.41 Å². The van der Waals surface area contributed by atoms with Crippen LogP contribution in [0.4, 0.5) is 49.6 Å². The van der Waals surface area contributed by atoms with E-state index in [1.54, 1.807) is 12.1 Å². The van der Waals surface area contributed by atoms with E-state index in [1.165, 1.54) is 6.07 Å². The number of carboxylic acid groups (broad SMARTS) is 3. The fraction of sp³-hybridized carbons (Fsp3) is 0.407. The monoisotopic (exact) mass is 739 g/mol. The molecule has 0 radical (unpaired) electrons. The number of aliphatic carboxylic acids is 3. The van der Waals surface area contributed by atoms with E-state index in [0.29, 0.717) is 16.9 Å². The summed E-state index contributed by atoms with van der Waals surface area (Å²) in [5, 5.41) is 33.4. The SMILES string of the molecule is N=C(N)c1ccc(CCC(=O)O)c(OCCNC(=O)C2CCN(c3c(F)c(F)nc(F)c3F)CC2)c1.O=C(O)C(F)(F)F.O=C(O)C(F)(F)F. The van der Waals surface area contributed by atoms with E-state index in [1.807, 2.05) is 0 Å². The first-order valence-corrected chi connectivity index (χ1v) is 13.6. The fourth-order valence-corrected chi connectivity index (χ4v) is 3.90. The lowest BCUT2D eigenvalue weighted by molar-refractivity contribution is -0.193. The van der Waals surface area contributed by atoms with Gasteiger partial charge in [-0.3, -0.25) is 15.0 Å². The van der Waals surface area contributed by atoms with Gasteiger partial charge in [-0.1, -0.05) is 12.1 Å². The maximum Gasteiger partial charge on any atom is 0.490 e. The number of carboxylic acids is 3. The molecule has 1 saturated heterocycles. The fourth-order valence-electron chi connectivity index (χ4n) is 3.90. The molecule has 50 heavy (non-hydrogen) atoms. The number of nitrogens with zero attached hydrogens (tertiary/aromatic N) is 2. The molecule has 0 saturated carbocycles. The zero-order valence-corrected chi connectivity index (χ0v) is 25.1. The molecule has 1 aliphatic heterocycles. The molecule has 2 heterocycles. The van der Waals surface area contributed by atoms with Crippen molar-refractivity contribution < 1.29 is 83.1 Å². The lowest BCUT2D eigenvalue weighted by Gasteiger charge is -2.33. The van der Waals surface area contributed by atoms with Crippen molar-refractivity contribution in [2.24, 2.45) is 11.7 Å². The third-order valence-electron chi connectivity index (χ3n) is 6.29. The van der Waals surface area contributed by atoms with Gasteiger partial charge < -0.3 is 36.0 Å². The van der Waals surface area contributed by atoms with Gasteiger partial charge in [0.15, 0.2) is 0 Å². The number of carbonyl (C=O) groups is 4. The molecule has 3 rings (SSSR count). The first kappa shape index (κ1) is 42.6. The van der Waals surface area contributed by atoms with E-state index in [9.17, 15) is 53.5 Å². The summed E-state index contributed by atoms with van der Waals surface area (Å²) < 4.78 is 124. The van der Waals surface area contributed by atoms with Crippen LogP contribution in [0.3, 0.4) is 0 Å². The van der Waals surface area contributed by atoms with Gasteiger partial charge in [-0.05, 0) is 30.9 Å². The number of aryl methyl sites for hydroxylation is 1. The van der Waals surface area contributed by atoms with E-state index in [0.717, 1.165) is 4.90 Å². The van der Waals surface area contributed by atoms with Gasteiger partial charge in [0.25, 0.3) is 11.9 Å². The van der Waals surface area contributed by atoms with E-state index < -0.39 is 65.4 Å². The topological polar surface area (TPSA) is 216 Å². The molecule has 1 fully saturated rings. The van der Waals surface area contributed by atoms with Gasteiger partial charge in [-0.25, -0.2) is 9.59 Å². The predicted molar refractivity (Wildman–Crippen MR) is 148 cm³/mol. The highest BCUT2D eigenvalue weighted by Gasteiger charge is 2.39. The van der Waals surface area contributed by atoms with E-state index in [2.05, 4.69) is 10.3 Å². The highest BCUT2D eigenvalue weighted by Crippen LogP contribution is 2.30. The maximum atomic E-state index is 14.0. The van der Waals surface area contributed by atoms with Crippen molar-refractivity contribution in [3.05, 3.63) is 52.9 Å². The summed E-state index contributed by atoms with van der Waals surface area (Å²) in [7, 11) is 0. The molecule has 0 bridgehead atoms. The summed E-state index contributed by atoms with van der Waals surface area (Å²) in [6, 6.07) is 4.75. The highest BCUT2D eigenvalue weighted by molar-refractivity contribution is 5.95. The molecule has 1 amide bonds. The molecule has 0 atom stereocenters. The molecular weight excluding hydrogens is 712 g/mol. The van der Waals surface area contributed by atoms with Gasteiger partial charge in [-0.2, -0.15) is 48.9 Å². The molecule has 1 aromatic heterocycles. The number of nitrogens with two attached hydrogens (primary N) is 1. The third kappa shape index (κ3) is 13.6. The van der Waals surface area contributed by atoms with Gasteiger partial charge in [0.2, 0.25) is 17.5 Å². The lowest BCUT2D eigenvalue weighted by atomic mass is 9.95. The number of amidine groups is 1. The molecular formula is C27H27F10N5O8. The molecule has 1 aliphatic rings. The smallest absolute Gasteiger partial charge is 0.490 e. The number of benzene rings is 1. The molecule has 278 valence electrons. The van der Waals surface area contributed by atoms with Crippen LogP contribution in [-0.2, 0) is 25.6 Å². The number of anilines is 1. The number of nitrogens with one attached hydrogen (secondary N) is 2. The van der Waals surface area contributed by atoms with Crippen molar-refractivity contribution in [2.45, 2.75) is 38.0 Å². The Labute approximate surface area is 274 Å². The average molecular weight is 740 g/mol. The number of carbonyl (C=O) groups excluding carboxylic acids is 1. The Morgan fingerprint density at radius 3 is 1.82 bits per heavy atom. The van der Waals surface area contributed by atoms with Crippen molar-refractivity contribution in [3.63, 3.8) is 0 Å². The number of pyridine rings is 1. The lowest BCUT2D eigenvalue weighted by Crippen LogP contribution is -2.42. The van der Waals surface area contributed by atoms with Crippen LogP contribution >= 0.6 is 0 Å². The number of halogens is 10. The van der Waals surface area contributed by atoms with Crippen molar-refractivity contribution in [3.8, 4) is 5.75 Å². The molecule has 13 nitrogen and oxygen atoms in total. The second-order valence-corrected chi connectivity index (χ2v) is 9.81. The molecule has 0 aliphatic carbocycles. The van der Waals surface area contributed by atoms with E-state index >= 15 is 0 Å². The van der Waals surface area contributed by atoms with Gasteiger partial charge >= 0.3 is 30.3 Å². The van der Waals surface area contributed by atoms with Gasteiger partial charge in [0.1, 0.15) is 23.9 Å². The highest BCUT2D eigenvalue weighted by atomic mass is 19.4. The zero-order chi connectivity index (χ0) is 38.6. The number of rotatable bonds is 10. The molecule has 0 spiro atoms. The van der Waals surface area contributed by atoms with Crippen LogP contribution in [0.2, 0.25) is 0 Å². The predicted octanol–water partition coefficient (Wildman–Crippen LogP) is 3.62. The summed E-state index contributed by atoms with van der Waals surface area (Å²) in [6.07, 6.45) is -9.66. The number of alkyl halides is 6. The summed E-state index contributed by atoms with van der Waals surface area (Å²) in [6.45, 7) is 0.190. The van der Waals surface area contributed by atoms with Gasteiger partial charge in [0, 0.05) is 31.0 Å². The number of piperidine rings is 1. The van der Waals surface area contributed by atoms with Crippen LogP contribution in [0.15, 0.2) is 18.2 Å². The molecule has 1 aromatic carbocycles. The third-order valence-corrected chi connectivity index (χ3v) is 6.29. The van der Waals surface area contributed by atoms with Gasteiger partial charge in [-0.15, -0.1) is 0 Å². The minimum atomic E-state index is -5.08. The maximum absolute atomic E-state index is 14.0. The number of nitrogen functional groups attached to an aromatic ring is 1. The molecule has 0 unspecified atom stereocenters. The first-order chi connectivity index (χ1) is 23.0. The second kappa shape index (κ2) is 18.4. The summed E-state index contributed by atoms with van der Waals surface area (Å²) >= 11 is 0. The quantitative estimate of drug-likeness (QED) is 0.0680. The number of hydrogen-bond acceptors (Lipinski definition) is 8. The number of ether oxygens (including phenoxy) is 1. The summed E-state index contributed by atoms with van der Waals surface area (Å²) in [5.74, 6) is -13.7. The van der Waals surface area contributed by atoms with Crippen molar-refractivity contribution in [1.82, 2.24) is 10.3 Å². The minimum absolute atomic E-state index is 0.0100. The number of aromatic nitrogens is 1. The second-order valence-electron chi connectivity index (χ2n) is 9.81. The van der Waals surface area contributed by atoms with Crippen molar-refractivity contribution >= 4 is 35.3 Å². The van der Waals surface area contributed by atoms with Crippen LogP contribution in [0.25, 0.3) is 0 Å². The van der Waals surface area contributed by atoms with Crippen LogP contribution < -0.4 is 20.7 Å². The van der Waals surface area contributed by atoms with Crippen LogP contribution in [0, 0.1) is 34.9 Å². The number of amides is 1. The Kier molecular flexibility index (Phi) is 15.7. The standard InChI is InChI=1S/C23H25F4N5O4.2C2HF3O2/c24-17-19(18(25)21(27)31-20(17)26)32-8-5-13(6-9-32)23(35)30-7-10-36-15-11-14(22(28)29)2-1-12(15)3-4-16(33)34;2*3-2(4,5)1(6)7/h1-2,11,13H,3-10H2,(H3,28,29)(H,30,35)(H,33,34);2*(H,6,7). The van der Waals surface area contributed by atoms with E-state index in [-0.39, 0.29) is 63.7 Å². The first-order valence-electron chi connectivity index (χ1n) is 13.6. The average Bonchev–Trinajstić information content (AvgIpc) is 3.01. The zero-order valence-electron chi connectivity index (χ0n) is 25.1. The Morgan fingerprint density at radius 2 is 1.40 bits per heavy atom. The Hall–Kier alpha value is -5.38. The molecule has 2 aromatic rings.